The van der Waals surface area contributed by atoms with Crippen LogP contribution in [0.15, 0.2) is 91.1 Å². The fourth-order valence-corrected chi connectivity index (χ4v) is 3.07. The monoisotopic (exact) mass is 415 g/mol. The molecule has 0 spiro atoms. The number of halogens is 2. The zero-order valence-electron chi connectivity index (χ0n) is 16.5. The van der Waals surface area contributed by atoms with Gasteiger partial charge in [-0.05, 0) is 60.2 Å². The standard InChI is InChI=1S/C25H19F2N3O/c26-21-11-6-18(7-12-21)16-28-24(31)15-10-20-17-30(23-4-2-1-3-5-23)29-25(20)19-8-13-22(27)14-9-19/h1-15,17H,16H2,(H,28,31)/b15-10+. The van der Waals surface area contributed by atoms with Crippen LogP contribution in [-0.4, -0.2) is 15.7 Å². The van der Waals surface area contributed by atoms with E-state index in [2.05, 4.69) is 10.4 Å². The van der Waals surface area contributed by atoms with E-state index in [4.69, 9.17) is 0 Å². The van der Waals surface area contributed by atoms with Crippen LogP contribution in [0.2, 0.25) is 0 Å². The molecule has 1 aromatic heterocycles. The number of carbonyl (C=O) groups excluding carboxylic acids is 1. The third-order valence-corrected chi connectivity index (χ3v) is 4.68. The number of benzene rings is 3. The molecule has 0 aliphatic rings. The SMILES string of the molecule is O=C(/C=C/c1cn(-c2ccccc2)nc1-c1ccc(F)cc1)NCc1ccc(F)cc1. The van der Waals surface area contributed by atoms with E-state index in [0.29, 0.717) is 11.3 Å². The van der Waals surface area contributed by atoms with Crippen molar-refractivity contribution in [3.05, 3.63) is 114 Å². The maximum Gasteiger partial charge on any atom is 0.244 e. The Labute approximate surface area is 178 Å². The van der Waals surface area contributed by atoms with E-state index in [-0.39, 0.29) is 24.1 Å². The first kappa shape index (κ1) is 20.2. The fraction of sp³-hybridized carbons (Fsp3) is 0.0400. The summed E-state index contributed by atoms with van der Waals surface area (Å²) in [7, 11) is 0. The van der Waals surface area contributed by atoms with Gasteiger partial charge in [-0.1, -0.05) is 30.3 Å². The van der Waals surface area contributed by atoms with E-state index in [1.807, 2.05) is 36.5 Å². The Morgan fingerprint density at radius 2 is 1.55 bits per heavy atom. The Bertz CT molecular complexity index is 1200. The van der Waals surface area contributed by atoms with Crippen molar-refractivity contribution in [3.8, 4) is 16.9 Å². The van der Waals surface area contributed by atoms with Crippen LogP contribution in [0.1, 0.15) is 11.1 Å². The van der Waals surface area contributed by atoms with Crippen molar-refractivity contribution >= 4 is 12.0 Å². The van der Waals surface area contributed by atoms with Crippen molar-refractivity contribution in [3.63, 3.8) is 0 Å². The molecule has 4 aromatic rings. The first-order valence-electron chi connectivity index (χ1n) is 9.70. The molecule has 0 saturated carbocycles. The van der Waals surface area contributed by atoms with E-state index in [9.17, 15) is 13.6 Å². The van der Waals surface area contributed by atoms with Gasteiger partial charge in [-0.2, -0.15) is 5.10 Å². The van der Waals surface area contributed by atoms with Crippen LogP contribution in [0, 0.1) is 11.6 Å². The summed E-state index contributed by atoms with van der Waals surface area (Å²) in [6.07, 6.45) is 4.91. The quantitative estimate of drug-likeness (QED) is 0.443. The predicted molar refractivity (Wildman–Crippen MR) is 116 cm³/mol. The predicted octanol–water partition coefficient (Wildman–Crippen LogP) is 5.15. The summed E-state index contributed by atoms with van der Waals surface area (Å²) < 4.78 is 28.1. The van der Waals surface area contributed by atoms with Gasteiger partial charge in [0.25, 0.3) is 0 Å². The van der Waals surface area contributed by atoms with Crippen LogP contribution in [-0.2, 0) is 11.3 Å². The number of rotatable bonds is 6. The lowest BCUT2D eigenvalue weighted by Crippen LogP contribution is -2.20. The highest BCUT2D eigenvalue weighted by Crippen LogP contribution is 2.25. The van der Waals surface area contributed by atoms with Crippen LogP contribution in [0.4, 0.5) is 8.78 Å². The number of nitrogens with one attached hydrogen (secondary N) is 1. The highest BCUT2D eigenvalue weighted by Gasteiger charge is 2.11. The summed E-state index contributed by atoms with van der Waals surface area (Å²) in [6, 6.07) is 21.6. The highest BCUT2D eigenvalue weighted by molar-refractivity contribution is 5.92. The lowest BCUT2D eigenvalue weighted by Gasteiger charge is -2.02. The number of aromatic nitrogens is 2. The van der Waals surface area contributed by atoms with Crippen LogP contribution >= 0.6 is 0 Å². The number of hydrogen-bond acceptors (Lipinski definition) is 2. The summed E-state index contributed by atoms with van der Waals surface area (Å²) in [5, 5.41) is 7.40. The van der Waals surface area contributed by atoms with Gasteiger partial charge in [-0.15, -0.1) is 0 Å². The van der Waals surface area contributed by atoms with Crippen LogP contribution in [0.25, 0.3) is 23.0 Å². The van der Waals surface area contributed by atoms with Gasteiger partial charge in [-0.25, -0.2) is 13.5 Å². The van der Waals surface area contributed by atoms with Crippen molar-refractivity contribution < 1.29 is 13.6 Å². The Hall–Kier alpha value is -4.06. The average molecular weight is 415 g/mol. The molecule has 0 aliphatic carbocycles. The topological polar surface area (TPSA) is 46.9 Å². The molecule has 4 nitrogen and oxygen atoms in total. The van der Waals surface area contributed by atoms with Gasteiger partial charge in [0, 0.05) is 29.9 Å². The van der Waals surface area contributed by atoms with Gasteiger partial charge < -0.3 is 5.32 Å². The minimum atomic E-state index is -0.330. The first-order valence-corrected chi connectivity index (χ1v) is 9.70. The molecule has 1 heterocycles. The minimum Gasteiger partial charge on any atom is -0.348 e. The molecule has 0 fully saturated rings. The molecule has 4 rings (SSSR count). The van der Waals surface area contributed by atoms with Crippen LogP contribution in [0.3, 0.4) is 0 Å². The van der Waals surface area contributed by atoms with Crippen molar-refractivity contribution in [1.82, 2.24) is 15.1 Å². The smallest absolute Gasteiger partial charge is 0.244 e. The summed E-state index contributed by atoms with van der Waals surface area (Å²) in [4.78, 5) is 12.3. The molecule has 0 bridgehead atoms. The van der Waals surface area contributed by atoms with E-state index < -0.39 is 0 Å². The van der Waals surface area contributed by atoms with Gasteiger partial charge in [0.05, 0.1) is 11.4 Å². The zero-order valence-corrected chi connectivity index (χ0v) is 16.5. The van der Waals surface area contributed by atoms with E-state index in [1.165, 1.54) is 30.3 Å². The van der Waals surface area contributed by atoms with Crippen molar-refractivity contribution in [2.24, 2.45) is 0 Å². The number of carbonyl (C=O) groups is 1. The zero-order chi connectivity index (χ0) is 21.6. The number of hydrogen-bond donors (Lipinski definition) is 1. The van der Waals surface area contributed by atoms with E-state index >= 15 is 0 Å². The molecule has 3 aromatic carbocycles. The minimum absolute atomic E-state index is 0.289. The molecule has 0 unspecified atom stereocenters. The second-order valence-corrected chi connectivity index (χ2v) is 6.90. The molecular formula is C25H19F2N3O. The van der Waals surface area contributed by atoms with Gasteiger partial charge in [0.1, 0.15) is 11.6 Å². The Kier molecular flexibility index (Phi) is 5.98. The van der Waals surface area contributed by atoms with Gasteiger partial charge in [0.2, 0.25) is 5.91 Å². The third-order valence-electron chi connectivity index (χ3n) is 4.68. The second-order valence-electron chi connectivity index (χ2n) is 6.90. The second kappa shape index (κ2) is 9.17. The van der Waals surface area contributed by atoms with Crippen molar-refractivity contribution in [1.29, 1.82) is 0 Å². The number of amides is 1. The van der Waals surface area contributed by atoms with Crippen LogP contribution < -0.4 is 5.32 Å². The summed E-state index contributed by atoms with van der Waals surface area (Å²) >= 11 is 0. The number of para-hydroxylation sites is 1. The van der Waals surface area contributed by atoms with Gasteiger partial charge in [-0.3, -0.25) is 4.79 Å². The maximum atomic E-state index is 13.4. The third kappa shape index (κ3) is 5.11. The Balaban J connectivity index is 1.56. The lowest BCUT2D eigenvalue weighted by atomic mass is 10.1. The summed E-state index contributed by atoms with van der Waals surface area (Å²) in [5.41, 5.74) is 3.75. The van der Waals surface area contributed by atoms with E-state index in [0.717, 1.165) is 16.8 Å². The Morgan fingerprint density at radius 3 is 2.23 bits per heavy atom. The molecule has 0 atom stereocenters. The fourth-order valence-electron chi connectivity index (χ4n) is 3.07. The Morgan fingerprint density at radius 1 is 0.903 bits per heavy atom. The molecule has 1 amide bonds. The highest BCUT2D eigenvalue weighted by atomic mass is 19.1. The maximum absolute atomic E-state index is 13.4. The first-order chi connectivity index (χ1) is 15.1. The van der Waals surface area contributed by atoms with Gasteiger partial charge >= 0.3 is 0 Å². The average Bonchev–Trinajstić information content (AvgIpc) is 3.23. The molecule has 6 heteroatoms. The van der Waals surface area contributed by atoms with Crippen molar-refractivity contribution in [2.75, 3.05) is 0 Å². The molecule has 154 valence electrons. The van der Waals surface area contributed by atoms with Crippen LogP contribution in [0.5, 0.6) is 0 Å². The van der Waals surface area contributed by atoms with E-state index in [1.54, 1.807) is 35.0 Å². The molecule has 0 aliphatic heterocycles. The summed E-state index contributed by atoms with van der Waals surface area (Å²) in [6.45, 7) is 0.289. The molecule has 0 saturated heterocycles. The molecule has 31 heavy (non-hydrogen) atoms. The number of nitrogens with zero attached hydrogens (tertiary/aromatic N) is 2. The van der Waals surface area contributed by atoms with Gasteiger partial charge in [0.15, 0.2) is 0 Å². The molecule has 1 N–H and O–H groups in total. The largest absolute Gasteiger partial charge is 0.348 e. The molecule has 0 radical (unpaired) electrons. The molecular weight excluding hydrogens is 396 g/mol. The lowest BCUT2D eigenvalue weighted by molar-refractivity contribution is -0.116. The normalized spacial score (nSPS) is 11.0. The summed E-state index contributed by atoms with van der Waals surface area (Å²) in [5.74, 6) is -0.941. The van der Waals surface area contributed by atoms with Crippen molar-refractivity contribution in [2.45, 2.75) is 6.54 Å².